The molecule has 0 radical (unpaired) electrons. The Hall–Kier alpha value is -1.62. The second-order valence-electron chi connectivity index (χ2n) is 5.79. The van der Waals surface area contributed by atoms with E-state index in [1.54, 1.807) is 0 Å². The molecule has 1 saturated heterocycles. The van der Waals surface area contributed by atoms with Crippen LogP contribution in [0.15, 0.2) is 24.3 Å². The van der Waals surface area contributed by atoms with Crippen LogP contribution in [0, 0.1) is 11.3 Å². The first-order valence-corrected chi connectivity index (χ1v) is 7.65. The van der Waals surface area contributed by atoms with Gasteiger partial charge in [0.25, 0.3) is 0 Å². The molecule has 1 aliphatic heterocycles. The molecule has 1 N–H and O–H groups in total. The summed E-state index contributed by atoms with van der Waals surface area (Å²) >= 11 is 1.47. The number of carbonyl (C=O) groups is 1. The standard InChI is InChI=1S/C15H18N2O2S/c1-10(2)15(14(18)19)7-8-17(9-15)13-11-5-3-4-6-12(11)16-20-13/h3-6,10H,7-9H2,1-2H3,(H,18,19). The molecule has 0 aliphatic carbocycles. The number of hydrogen-bond acceptors (Lipinski definition) is 4. The minimum atomic E-state index is -0.677. The molecule has 1 unspecified atom stereocenters. The number of carboxylic acids is 1. The van der Waals surface area contributed by atoms with Crippen LogP contribution in [-0.2, 0) is 4.79 Å². The van der Waals surface area contributed by atoms with Crippen LogP contribution in [0.4, 0.5) is 5.00 Å². The van der Waals surface area contributed by atoms with Crippen LogP contribution in [0.2, 0.25) is 0 Å². The summed E-state index contributed by atoms with van der Waals surface area (Å²) in [6.07, 6.45) is 0.701. The minimum absolute atomic E-state index is 0.129. The van der Waals surface area contributed by atoms with Crippen LogP contribution in [0.25, 0.3) is 10.9 Å². The molecule has 5 heteroatoms. The van der Waals surface area contributed by atoms with E-state index in [2.05, 4.69) is 15.3 Å². The molecule has 1 atom stereocenters. The molecule has 1 aromatic heterocycles. The third kappa shape index (κ3) is 1.88. The third-order valence-corrected chi connectivity index (χ3v) is 5.42. The molecule has 4 nitrogen and oxygen atoms in total. The average molecular weight is 290 g/mol. The van der Waals surface area contributed by atoms with E-state index in [-0.39, 0.29) is 5.92 Å². The first kappa shape index (κ1) is 13.4. The van der Waals surface area contributed by atoms with Crippen molar-refractivity contribution < 1.29 is 9.90 Å². The van der Waals surface area contributed by atoms with Crippen molar-refractivity contribution in [2.75, 3.05) is 18.0 Å². The van der Waals surface area contributed by atoms with Crippen LogP contribution < -0.4 is 4.90 Å². The van der Waals surface area contributed by atoms with E-state index in [9.17, 15) is 9.90 Å². The summed E-state index contributed by atoms with van der Waals surface area (Å²) in [6.45, 7) is 5.37. The Balaban J connectivity index is 1.96. The van der Waals surface area contributed by atoms with Crippen LogP contribution in [0.1, 0.15) is 20.3 Å². The number of benzene rings is 1. The van der Waals surface area contributed by atoms with Gasteiger partial charge in [-0.3, -0.25) is 4.79 Å². The Kier molecular flexibility index (Phi) is 3.17. The van der Waals surface area contributed by atoms with Crippen LogP contribution >= 0.6 is 11.5 Å². The van der Waals surface area contributed by atoms with Crippen molar-refractivity contribution in [3.63, 3.8) is 0 Å². The van der Waals surface area contributed by atoms with Crippen LogP contribution in [0.3, 0.4) is 0 Å². The number of rotatable bonds is 3. The Morgan fingerprint density at radius 2 is 2.20 bits per heavy atom. The molecule has 0 amide bonds. The Morgan fingerprint density at radius 3 is 2.85 bits per heavy atom. The van der Waals surface area contributed by atoms with E-state index < -0.39 is 11.4 Å². The number of anilines is 1. The number of carboxylic acid groups (broad SMARTS) is 1. The lowest BCUT2D eigenvalue weighted by molar-refractivity contribution is -0.150. The predicted molar refractivity (Wildman–Crippen MR) is 81.4 cm³/mol. The van der Waals surface area contributed by atoms with E-state index in [1.807, 2.05) is 32.0 Å². The van der Waals surface area contributed by atoms with Crippen molar-refractivity contribution in [1.29, 1.82) is 0 Å². The number of aromatic nitrogens is 1. The summed E-state index contributed by atoms with van der Waals surface area (Å²) < 4.78 is 4.45. The lowest BCUT2D eigenvalue weighted by Gasteiger charge is -2.28. The maximum absolute atomic E-state index is 11.7. The number of hydrogen-bond donors (Lipinski definition) is 1. The zero-order valence-corrected chi connectivity index (χ0v) is 12.5. The van der Waals surface area contributed by atoms with Gasteiger partial charge < -0.3 is 10.0 Å². The van der Waals surface area contributed by atoms with Gasteiger partial charge in [0.1, 0.15) is 5.00 Å². The third-order valence-electron chi connectivity index (χ3n) is 4.48. The fraction of sp³-hybridized carbons (Fsp3) is 0.467. The fourth-order valence-corrected chi connectivity index (χ4v) is 3.89. The van der Waals surface area contributed by atoms with Crippen LogP contribution in [0.5, 0.6) is 0 Å². The molecule has 3 rings (SSSR count). The van der Waals surface area contributed by atoms with Crippen LogP contribution in [-0.4, -0.2) is 28.5 Å². The quantitative estimate of drug-likeness (QED) is 0.943. The molecule has 20 heavy (non-hydrogen) atoms. The van der Waals surface area contributed by atoms with E-state index in [0.29, 0.717) is 13.0 Å². The summed E-state index contributed by atoms with van der Waals surface area (Å²) in [6, 6.07) is 8.04. The second kappa shape index (κ2) is 4.74. The van der Waals surface area contributed by atoms with Crippen molar-refractivity contribution in [1.82, 2.24) is 4.37 Å². The Bertz CT molecular complexity index is 652. The topological polar surface area (TPSA) is 53.4 Å². The number of aliphatic carboxylic acids is 1. The largest absolute Gasteiger partial charge is 0.481 e. The van der Waals surface area contributed by atoms with E-state index >= 15 is 0 Å². The van der Waals surface area contributed by atoms with Gasteiger partial charge in [0, 0.05) is 18.5 Å². The highest BCUT2D eigenvalue weighted by atomic mass is 32.1. The zero-order valence-electron chi connectivity index (χ0n) is 11.7. The smallest absolute Gasteiger partial charge is 0.311 e. The average Bonchev–Trinajstić information content (AvgIpc) is 3.03. The summed E-state index contributed by atoms with van der Waals surface area (Å²) in [4.78, 5) is 13.9. The number of fused-ring (bicyclic) bond motifs is 1. The lowest BCUT2D eigenvalue weighted by atomic mass is 9.76. The summed E-state index contributed by atoms with van der Waals surface area (Å²) in [5.41, 5.74) is 0.357. The maximum Gasteiger partial charge on any atom is 0.311 e. The van der Waals surface area contributed by atoms with Gasteiger partial charge in [-0.05, 0) is 36.0 Å². The van der Waals surface area contributed by atoms with Gasteiger partial charge in [0.15, 0.2) is 0 Å². The van der Waals surface area contributed by atoms with Crippen molar-refractivity contribution in [3.8, 4) is 0 Å². The Morgan fingerprint density at radius 1 is 1.45 bits per heavy atom. The first-order chi connectivity index (χ1) is 9.54. The number of nitrogens with zero attached hydrogens (tertiary/aromatic N) is 2. The summed E-state index contributed by atoms with van der Waals surface area (Å²) in [5, 5.41) is 11.9. The SMILES string of the molecule is CC(C)C1(C(=O)O)CCN(c2snc3ccccc23)C1. The van der Waals surface area contributed by atoms with E-state index in [1.165, 1.54) is 11.5 Å². The van der Waals surface area contributed by atoms with Crippen molar-refractivity contribution in [2.24, 2.45) is 11.3 Å². The predicted octanol–water partition coefficient (Wildman–Crippen LogP) is 3.23. The van der Waals surface area contributed by atoms with Crippen molar-refractivity contribution >= 4 is 33.4 Å². The molecule has 0 spiro atoms. The monoisotopic (exact) mass is 290 g/mol. The Labute approximate surface area is 122 Å². The summed E-state index contributed by atoms with van der Waals surface area (Å²) in [7, 11) is 0. The van der Waals surface area contributed by atoms with Gasteiger partial charge in [0.05, 0.1) is 10.9 Å². The van der Waals surface area contributed by atoms with Crippen molar-refractivity contribution in [3.05, 3.63) is 24.3 Å². The van der Waals surface area contributed by atoms with Gasteiger partial charge in [-0.1, -0.05) is 26.0 Å². The molecule has 2 heterocycles. The molecule has 0 bridgehead atoms. The van der Waals surface area contributed by atoms with E-state index in [4.69, 9.17) is 0 Å². The lowest BCUT2D eigenvalue weighted by Crippen LogP contribution is -2.39. The fourth-order valence-electron chi connectivity index (χ4n) is 3.00. The van der Waals surface area contributed by atoms with Crippen molar-refractivity contribution in [2.45, 2.75) is 20.3 Å². The van der Waals surface area contributed by atoms with Gasteiger partial charge in [0.2, 0.25) is 0 Å². The van der Waals surface area contributed by atoms with Gasteiger partial charge in [-0.2, -0.15) is 4.37 Å². The molecule has 2 aromatic rings. The molecule has 0 saturated carbocycles. The molecule has 1 aromatic carbocycles. The highest BCUT2D eigenvalue weighted by Crippen LogP contribution is 2.42. The molecular weight excluding hydrogens is 272 g/mol. The molecule has 1 fully saturated rings. The van der Waals surface area contributed by atoms with Gasteiger partial charge in [-0.25, -0.2) is 0 Å². The van der Waals surface area contributed by atoms with Gasteiger partial charge >= 0.3 is 5.97 Å². The summed E-state index contributed by atoms with van der Waals surface area (Å²) in [5.74, 6) is -0.548. The molecule has 106 valence electrons. The second-order valence-corrected chi connectivity index (χ2v) is 6.54. The van der Waals surface area contributed by atoms with Gasteiger partial charge in [-0.15, -0.1) is 0 Å². The van der Waals surface area contributed by atoms with E-state index in [0.717, 1.165) is 22.4 Å². The highest BCUT2D eigenvalue weighted by molar-refractivity contribution is 7.11. The first-order valence-electron chi connectivity index (χ1n) is 6.87. The highest BCUT2D eigenvalue weighted by Gasteiger charge is 2.47. The zero-order chi connectivity index (χ0) is 14.3. The normalized spacial score (nSPS) is 22.9. The minimum Gasteiger partial charge on any atom is -0.481 e. The maximum atomic E-state index is 11.7. The molecule has 1 aliphatic rings. The molecular formula is C15H18N2O2S.